The average molecular weight is 310 g/mol. The van der Waals surface area contributed by atoms with Gasteiger partial charge < -0.3 is 14.0 Å². The Bertz CT molecular complexity index is 811. The Morgan fingerprint density at radius 1 is 1.17 bits per heavy atom. The molecule has 0 spiro atoms. The minimum Gasteiger partial charge on any atom is -0.482 e. The number of nitrogens with zero attached hydrogens (tertiary/aromatic N) is 2. The van der Waals surface area contributed by atoms with Crippen molar-refractivity contribution < 1.29 is 14.3 Å². The van der Waals surface area contributed by atoms with Gasteiger partial charge in [-0.05, 0) is 36.8 Å². The molecule has 3 aromatic rings. The summed E-state index contributed by atoms with van der Waals surface area (Å²) >= 11 is 0. The first kappa shape index (κ1) is 15.1. The standard InChI is InChI=1S/C18H18N2O3/c1-2-22-18(21)12-23-15-7-5-6-14(10-15)11-20-13-19-16-8-3-4-9-17(16)20/h3-10,13H,2,11-12H2,1H3. The highest BCUT2D eigenvalue weighted by molar-refractivity contribution is 5.75. The van der Waals surface area contributed by atoms with Crippen molar-refractivity contribution >= 4 is 17.0 Å². The van der Waals surface area contributed by atoms with Gasteiger partial charge in [-0.15, -0.1) is 0 Å². The summed E-state index contributed by atoms with van der Waals surface area (Å²) in [4.78, 5) is 15.7. The number of benzene rings is 2. The van der Waals surface area contributed by atoms with E-state index in [4.69, 9.17) is 9.47 Å². The van der Waals surface area contributed by atoms with Crippen LogP contribution in [0.1, 0.15) is 12.5 Å². The number of aromatic nitrogens is 2. The van der Waals surface area contributed by atoms with Crippen LogP contribution in [0.3, 0.4) is 0 Å². The summed E-state index contributed by atoms with van der Waals surface area (Å²) < 4.78 is 12.4. The van der Waals surface area contributed by atoms with E-state index >= 15 is 0 Å². The van der Waals surface area contributed by atoms with E-state index in [1.807, 2.05) is 54.9 Å². The van der Waals surface area contributed by atoms with Gasteiger partial charge in [-0.3, -0.25) is 0 Å². The summed E-state index contributed by atoms with van der Waals surface area (Å²) in [5, 5.41) is 0. The van der Waals surface area contributed by atoms with Crippen LogP contribution in [0, 0.1) is 0 Å². The van der Waals surface area contributed by atoms with E-state index in [9.17, 15) is 4.79 Å². The summed E-state index contributed by atoms with van der Waals surface area (Å²) in [6.45, 7) is 2.74. The topological polar surface area (TPSA) is 53.4 Å². The predicted octanol–water partition coefficient (Wildman–Crippen LogP) is 3.03. The molecule has 1 aromatic heterocycles. The van der Waals surface area contributed by atoms with Gasteiger partial charge in [-0.2, -0.15) is 0 Å². The van der Waals surface area contributed by atoms with Crippen LogP contribution in [0.2, 0.25) is 0 Å². The van der Waals surface area contributed by atoms with E-state index in [1.165, 1.54) is 0 Å². The maximum Gasteiger partial charge on any atom is 0.344 e. The molecule has 0 N–H and O–H groups in total. The number of hydrogen-bond donors (Lipinski definition) is 0. The van der Waals surface area contributed by atoms with Gasteiger partial charge in [0.15, 0.2) is 6.61 Å². The van der Waals surface area contributed by atoms with Crippen LogP contribution in [0.15, 0.2) is 54.9 Å². The van der Waals surface area contributed by atoms with Crippen molar-refractivity contribution in [3.63, 3.8) is 0 Å². The Balaban J connectivity index is 1.71. The molecule has 1 heterocycles. The Morgan fingerprint density at radius 3 is 2.91 bits per heavy atom. The minimum atomic E-state index is -0.362. The average Bonchev–Trinajstić information content (AvgIpc) is 2.97. The van der Waals surface area contributed by atoms with Gasteiger partial charge in [-0.1, -0.05) is 24.3 Å². The molecule has 2 aromatic carbocycles. The molecule has 0 aliphatic carbocycles. The van der Waals surface area contributed by atoms with Crippen molar-refractivity contribution in [2.75, 3.05) is 13.2 Å². The summed E-state index contributed by atoms with van der Waals surface area (Å²) in [6.07, 6.45) is 1.83. The molecule has 5 nitrogen and oxygen atoms in total. The first-order valence-electron chi connectivity index (χ1n) is 7.53. The molecule has 0 aliphatic rings. The van der Waals surface area contributed by atoms with Crippen molar-refractivity contribution in [3.05, 3.63) is 60.4 Å². The van der Waals surface area contributed by atoms with Gasteiger partial charge in [-0.25, -0.2) is 9.78 Å². The van der Waals surface area contributed by atoms with Crippen molar-refractivity contribution in [3.8, 4) is 5.75 Å². The quantitative estimate of drug-likeness (QED) is 0.657. The molecule has 5 heteroatoms. The molecule has 0 aliphatic heterocycles. The van der Waals surface area contributed by atoms with Crippen LogP contribution in [-0.4, -0.2) is 28.7 Å². The number of ether oxygens (including phenoxy) is 2. The first-order valence-corrected chi connectivity index (χ1v) is 7.53. The Morgan fingerprint density at radius 2 is 2.04 bits per heavy atom. The second-order valence-corrected chi connectivity index (χ2v) is 5.10. The van der Waals surface area contributed by atoms with E-state index in [-0.39, 0.29) is 12.6 Å². The zero-order valence-corrected chi connectivity index (χ0v) is 12.9. The fourth-order valence-electron chi connectivity index (χ4n) is 2.41. The van der Waals surface area contributed by atoms with E-state index in [1.54, 1.807) is 6.92 Å². The Hall–Kier alpha value is -2.82. The number of fused-ring (bicyclic) bond motifs is 1. The molecule has 0 saturated heterocycles. The number of esters is 1. The maximum atomic E-state index is 11.3. The fraction of sp³-hybridized carbons (Fsp3) is 0.222. The van der Waals surface area contributed by atoms with Crippen LogP contribution < -0.4 is 4.74 Å². The smallest absolute Gasteiger partial charge is 0.344 e. The Labute approximate surface area is 134 Å². The van der Waals surface area contributed by atoms with Gasteiger partial charge in [0.25, 0.3) is 0 Å². The number of carbonyl (C=O) groups is 1. The molecular weight excluding hydrogens is 292 g/mol. The molecule has 0 fully saturated rings. The first-order chi connectivity index (χ1) is 11.3. The van der Waals surface area contributed by atoms with Crippen molar-refractivity contribution in [1.29, 1.82) is 0 Å². The highest BCUT2D eigenvalue weighted by atomic mass is 16.6. The summed E-state index contributed by atoms with van der Waals surface area (Å²) in [5.41, 5.74) is 3.14. The molecular formula is C18H18N2O3. The monoisotopic (exact) mass is 310 g/mol. The lowest BCUT2D eigenvalue weighted by Crippen LogP contribution is -2.14. The highest BCUT2D eigenvalue weighted by Gasteiger charge is 2.05. The highest BCUT2D eigenvalue weighted by Crippen LogP contribution is 2.17. The molecule has 3 rings (SSSR count). The van der Waals surface area contributed by atoms with Crippen molar-refractivity contribution in [2.24, 2.45) is 0 Å². The molecule has 0 bridgehead atoms. The third-order valence-corrected chi connectivity index (χ3v) is 3.44. The number of para-hydroxylation sites is 2. The number of imidazole rings is 1. The zero-order chi connectivity index (χ0) is 16.1. The second-order valence-electron chi connectivity index (χ2n) is 5.10. The van der Waals surface area contributed by atoms with Crippen LogP contribution in [0.5, 0.6) is 5.75 Å². The molecule has 118 valence electrons. The number of rotatable bonds is 6. The van der Waals surface area contributed by atoms with E-state index in [0.717, 1.165) is 16.6 Å². The van der Waals surface area contributed by atoms with Crippen LogP contribution in [-0.2, 0) is 16.1 Å². The molecule has 0 saturated carbocycles. The summed E-state index contributed by atoms with van der Waals surface area (Å²) in [5.74, 6) is 0.290. The van der Waals surface area contributed by atoms with Crippen LogP contribution in [0.25, 0.3) is 11.0 Å². The molecule has 0 atom stereocenters. The Kier molecular flexibility index (Phi) is 4.57. The molecule has 23 heavy (non-hydrogen) atoms. The van der Waals surface area contributed by atoms with Crippen LogP contribution >= 0.6 is 0 Å². The van der Waals surface area contributed by atoms with Crippen molar-refractivity contribution in [2.45, 2.75) is 13.5 Å². The lowest BCUT2D eigenvalue weighted by molar-refractivity contribution is -0.145. The van der Waals surface area contributed by atoms with E-state index in [2.05, 4.69) is 9.55 Å². The fourth-order valence-corrected chi connectivity index (χ4v) is 2.41. The van der Waals surface area contributed by atoms with Crippen molar-refractivity contribution in [1.82, 2.24) is 9.55 Å². The molecule has 0 radical (unpaired) electrons. The molecule has 0 amide bonds. The van der Waals surface area contributed by atoms with Gasteiger partial charge in [0.05, 0.1) is 24.0 Å². The lowest BCUT2D eigenvalue weighted by atomic mass is 10.2. The van der Waals surface area contributed by atoms with Gasteiger partial charge in [0, 0.05) is 6.54 Å². The lowest BCUT2D eigenvalue weighted by Gasteiger charge is -2.09. The van der Waals surface area contributed by atoms with Gasteiger partial charge >= 0.3 is 5.97 Å². The largest absolute Gasteiger partial charge is 0.482 e. The van der Waals surface area contributed by atoms with Gasteiger partial charge in [0.2, 0.25) is 0 Å². The van der Waals surface area contributed by atoms with E-state index in [0.29, 0.717) is 18.9 Å². The normalized spacial score (nSPS) is 10.7. The van der Waals surface area contributed by atoms with E-state index < -0.39 is 0 Å². The van der Waals surface area contributed by atoms with Gasteiger partial charge in [0.1, 0.15) is 5.75 Å². The second kappa shape index (κ2) is 6.96. The summed E-state index contributed by atoms with van der Waals surface area (Å²) in [6, 6.07) is 15.7. The third kappa shape index (κ3) is 3.69. The zero-order valence-electron chi connectivity index (χ0n) is 12.9. The minimum absolute atomic E-state index is 0.0781. The van der Waals surface area contributed by atoms with Crippen LogP contribution in [0.4, 0.5) is 0 Å². The SMILES string of the molecule is CCOC(=O)COc1cccc(Cn2cnc3ccccc32)c1. The maximum absolute atomic E-state index is 11.3. The third-order valence-electron chi connectivity index (χ3n) is 3.44. The summed E-state index contributed by atoms with van der Waals surface area (Å²) in [7, 11) is 0. The molecule has 0 unspecified atom stereocenters. The number of hydrogen-bond acceptors (Lipinski definition) is 4. The predicted molar refractivity (Wildman–Crippen MR) is 87.4 cm³/mol. The number of carbonyl (C=O) groups excluding carboxylic acids is 1.